The van der Waals surface area contributed by atoms with Crippen molar-refractivity contribution < 1.29 is 24.5 Å². The highest BCUT2D eigenvalue weighted by molar-refractivity contribution is 5.91. The van der Waals surface area contributed by atoms with Gasteiger partial charge in [0.25, 0.3) is 11.4 Å². The molecule has 0 saturated heterocycles. The zero-order valence-corrected chi connectivity index (χ0v) is 11.5. The molecule has 0 aliphatic heterocycles. The van der Waals surface area contributed by atoms with E-state index in [1.807, 2.05) is 0 Å². The van der Waals surface area contributed by atoms with Gasteiger partial charge in [0.1, 0.15) is 17.9 Å². The van der Waals surface area contributed by atoms with Gasteiger partial charge < -0.3 is 9.84 Å². The van der Waals surface area contributed by atoms with Crippen LogP contribution in [0.4, 0.5) is 11.4 Å². The molecule has 0 fully saturated rings. The Morgan fingerprint density at radius 2 is 1.57 bits per heavy atom. The number of nitrogens with zero attached hydrogens (tertiary/aromatic N) is 2. The summed E-state index contributed by atoms with van der Waals surface area (Å²) in [5, 5.41) is 30.3. The number of carboxylic acid groups (broad SMARTS) is 1. The average Bonchev–Trinajstić information content (AvgIpc) is 2.52. The van der Waals surface area contributed by atoms with E-state index in [0.29, 0.717) is 5.56 Å². The quantitative estimate of drug-likeness (QED) is 0.639. The minimum absolute atomic E-state index is 0.0264. The lowest BCUT2D eigenvalue weighted by atomic mass is 10.1. The van der Waals surface area contributed by atoms with E-state index in [9.17, 15) is 25.0 Å². The second-order valence-electron chi connectivity index (χ2n) is 4.45. The van der Waals surface area contributed by atoms with Gasteiger partial charge in [0.15, 0.2) is 0 Å². The van der Waals surface area contributed by atoms with Gasteiger partial charge in [-0.25, -0.2) is 4.79 Å². The van der Waals surface area contributed by atoms with Gasteiger partial charge in [0.2, 0.25) is 0 Å². The molecule has 2 aromatic carbocycles. The van der Waals surface area contributed by atoms with Crippen LogP contribution in [0.5, 0.6) is 5.75 Å². The van der Waals surface area contributed by atoms with Crippen LogP contribution in [-0.4, -0.2) is 20.9 Å². The first kappa shape index (κ1) is 15.9. The summed E-state index contributed by atoms with van der Waals surface area (Å²) >= 11 is 0. The van der Waals surface area contributed by atoms with Crippen molar-refractivity contribution in [3.8, 4) is 5.75 Å². The lowest BCUT2D eigenvalue weighted by molar-refractivity contribution is -0.385. The topological polar surface area (TPSA) is 133 Å². The first-order chi connectivity index (χ1) is 10.9. The average molecular weight is 318 g/mol. The van der Waals surface area contributed by atoms with E-state index in [2.05, 4.69) is 0 Å². The molecule has 23 heavy (non-hydrogen) atoms. The summed E-state index contributed by atoms with van der Waals surface area (Å²) in [6, 6.07) is 8.80. The molecule has 9 heteroatoms. The van der Waals surface area contributed by atoms with Gasteiger partial charge in [-0.1, -0.05) is 0 Å². The van der Waals surface area contributed by atoms with Gasteiger partial charge in [-0.15, -0.1) is 0 Å². The highest BCUT2D eigenvalue weighted by Gasteiger charge is 2.17. The van der Waals surface area contributed by atoms with Gasteiger partial charge in [-0.2, -0.15) is 0 Å². The number of hydrogen-bond acceptors (Lipinski definition) is 6. The van der Waals surface area contributed by atoms with Crippen LogP contribution in [0, 0.1) is 20.2 Å². The minimum Gasteiger partial charge on any atom is -0.488 e. The number of hydrogen-bond donors (Lipinski definition) is 1. The van der Waals surface area contributed by atoms with Crippen LogP contribution in [-0.2, 0) is 6.61 Å². The molecule has 0 amide bonds. The van der Waals surface area contributed by atoms with Crippen LogP contribution in [0.3, 0.4) is 0 Å². The Kier molecular flexibility index (Phi) is 4.50. The smallest absolute Gasteiger partial charge is 0.339 e. The molecule has 0 bridgehead atoms. The van der Waals surface area contributed by atoms with E-state index < -0.39 is 15.8 Å². The maximum absolute atomic E-state index is 11.1. The van der Waals surface area contributed by atoms with E-state index >= 15 is 0 Å². The fourth-order valence-corrected chi connectivity index (χ4v) is 1.80. The van der Waals surface area contributed by atoms with Crippen LogP contribution in [0.15, 0.2) is 42.5 Å². The molecular weight excluding hydrogens is 308 g/mol. The Labute approximate surface area is 129 Å². The van der Waals surface area contributed by atoms with Crippen molar-refractivity contribution in [1.29, 1.82) is 0 Å². The lowest BCUT2D eigenvalue weighted by Crippen LogP contribution is -2.04. The zero-order valence-electron chi connectivity index (χ0n) is 11.5. The van der Waals surface area contributed by atoms with Gasteiger partial charge in [0, 0.05) is 24.3 Å². The highest BCUT2D eigenvalue weighted by Crippen LogP contribution is 2.25. The van der Waals surface area contributed by atoms with Crippen LogP contribution in [0.25, 0.3) is 0 Å². The predicted molar refractivity (Wildman–Crippen MR) is 77.5 cm³/mol. The maximum atomic E-state index is 11.1. The Hall–Kier alpha value is -3.49. The van der Waals surface area contributed by atoms with E-state index in [0.717, 1.165) is 12.1 Å². The summed E-state index contributed by atoms with van der Waals surface area (Å²) in [6.07, 6.45) is 0. The molecule has 2 aromatic rings. The molecular formula is C14H10N2O7. The Balaban J connectivity index is 2.18. The number of non-ortho nitro benzene ring substituents is 2. The number of ether oxygens (including phenoxy) is 1. The van der Waals surface area contributed by atoms with Crippen LogP contribution in [0.1, 0.15) is 15.9 Å². The third kappa shape index (κ3) is 3.79. The second kappa shape index (κ2) is 6.52. The fraction of sp³-hybridized carbons (Fsp3) is 0.0714. The molecule has 0 spiro atoms. The van der Waals surface area contributed by atoms with Gasteiger partial charge in [-0.3, -0.25) is 20.2 Å². The predicted octanol–water partition coefficient (Wildman–Crippen LogP) is 2.78. The molecule has 0 unspecified atom stereocenters. The van der Waals surface area contributed by atoms with Gasteiger partial charge >= 0.3 is 5.97 Å². The molecule has 0 saturated carbocycles. The van der Waals surface area contributed by atoms with Gasteiger partial charge in [0.05, 0.1) is 9.85 Å². The maximum Gasteiger partial charge on any atom is 0.339 e. The summed E-state index contributed by atoms with van der Waals surface area (Å²) in [5.74, 6) is -1.38. The highest BCUT2D eigenvalue weighted by atomic mass is 16.6. The first-order valence-corrected chi connectivity index (χ1v) is 6.26. The van der Waals surface area contributed by atoms with Crippen molar-refractivity contribution in [2.24, 2.45) is 0 Å². The number of rotatable bonds is 6. The zero-order chi connectivity index (χ0) is 17.0. The monoisotopic (exact) mass is 318 g/mol. The van der Waals surface area contributed by atoms with E-state index in [1.54, 1.807) is 0 Å². The van der Waals surface area contributed by atoms with Crippen LogP contribution >= 0.6 is 0 Å². The molecule has 9 nitrogen and oxygen atoms in total. The van der Waals surface area contributed by atoms with E-state index in [1.165, 1.54) is 30.3 Å². The van der Waals surface area contributed by atoms with Crippen molar-refractivity contribution in [2.45, 2.75) is 6.61 Å². The summed E-state index contributed by atoms with van der Waals surface area (Å²) in [5.41, 5.74) is -0.174. The van der Waals surface area contributed by atoms with E-state index in [4.69, 9.17) is 9.84 Å². The number of aromatic carboxylic acids is 1. The molecule has 2 rings (SSSR count). The SMILES string of the molecule is O=C(O)c1cc([N+](=O)[O-])ccc1OCc1ccc([N+](=O)[O-])cc1. The Bertz CT molecular complexity index is 771. The molecule has 0 aromatic heterocycles. The summed E-state index contributed by atoms with van der Waals surface area (Å²) in [6.45, 7) is -0.0317. The third-order valence-electron chi connectivity index (χ3n) is 2.95. The number of nitro groups is 2. The summed E-state index contributed by atoms with van der Waals surface area (Å²) in [4.78, 5) is 31.1. The molecule has 118 valence electrons. The summed E-state index contributed by atoms with van der Waals surface area (Å²) < 4.78 is 5.35. The number of carboxylic acids is 1. The molecule has 0 aliphatic rings. The number of benzene rings is 2. The standard InChI is InChI=1S/C14H10N2O7/c17-14(18)12-7-11(16(21)22)5-6-13(12)23-8-9-1-3-10(4-2-9)15(19)20/h1-7H,8H2,(H,17,18). The first-order valence-electron chi connectivity index (χ1n) is 6.26. The second-order valence-corrected chi connectivity index (χ2v) is 4.45. The Morgan fingerprint density at radius 3 is 2.09 bits per heavy atom. The molecule has 0 radical (unpaired) electrons. The van der Waals surface area contributed by atoms with Crippen molar-refractivity contribution in [1.82, 2.24) is 0 Å². The van der Waals surface area contributed by atoms with Crippen LogP contribution in [0.2, 0.25) is 0 Å². The molecule has 0 heterocycles. The van der Waals surface area contributed by atoms with Crippen molar-refractivity contribution >= 4 is 17.3 Å². The van der Waals surface area contributed by atoms with Crippen molar-refractivity contribution in [3.63, 3.8) is 0 Å². The minimum atomic E-state index is -1.35. The summed E-state index contributed by atoms with van der Waals surface area (Å²) in [7, 11) is 0. The van der Waals surface area contributed by atoms with Crippen molar-refractivity contribution in [3.05, 3.63) is 73.8 Å². The normalized spacial score (nSPS) is 10.1. The van der Waals surface area contributed by atoms with Crippen molar-refractivity contribution in [2.75, 3.05) is 0 Å². The van der Waals surface area contributed by atoms with Crippen LogP contribution < -0.4 is 4.74 Å². The lowest BCUT2D eigenvalue weighted by Gasteiger charge is -2.09. The third-order valence-corrected chi connectivity index (χ3v) is 2.95. The number of carbonyl (C=O) groups is 1. The van der Waals surface area contributed by atoms with E-state index in [-0.39, 0.29) is 29.3 Å². The number of nitro benzene ring substituents is 2. The molecule has 0 atom stereocenters. The Morgan fingerprint density at radius 1 is 1.00 bits per heavy atom. The molecule has 1 N–H and O–H groups in total. The largest absolute Gasteiger partial charge is 0.488 e. The molecule has 0 aliphatic carbocycles. The van der Waals surface area contributed by atoms with Gasteiger partial charge in [-0.05, 0) is 23.8 Å². The fourth-order valence-electron chi connectivity index (χ4n) is 1.80.